The van der Waals surface area contributed by atoms with Gasteiger partial charge in [0.25, 0.3) is 5.91 Å². The Labute approximate surface area is 126 Å². The molecule has 4 nitrogen and oxygen atoms in total. The predicted octanol–water partition coefficient (Wildman–Crippen LogP) is 1.28. The van der Waals surface area contributed by atoms with Gasteiger partial charge in [-0.05, 0) is 39.0 Å². The van der Waals surface area contributed by atoms with Gasteiger partial charge in [-0.3, -0.25) is 4.79 Å². The first-order valence-corrected chi connectivity index (χ1v) is 7.04. The molecule has 0 heterocycles. The second kappa shape index (κ2) is 6.95. The SMILES string of the molecule is COc1ccc(Cl)cc1C[NH+](C)CC(=O)NC(C)(C)C. The lowest BCUT2D eigenvalue weighted by molar-refractivity contribution is -0.885. The molecule has 0 saturated carbocycles. The Bertz CT molecular complexity index is 469. The predicted molar refractivity (Wildman–Crippen MR) is 81.4 cm³/mol. The van der Waals surface area contributed by atoms with Crippen molar-refractivity contribution in [3.63, 3.8) is 0 Å². The molecule has 0 bridgehead atoms. The van der Waals surface area contributed by atoms with Gasteiger partial charge in [0, 0.05) is 16.1 Å². The van der Waals surface area contributed by atoms with Crippen LogP contribution in [0.2, 0.25) is 5.02 Å². The summed E-state index contributed by atoms with van der Waals surface area (Å²) in [4.78, 5) is 13.0. The number of ether oxygens (including phenoxy) is 1. The molecule has 0 radical (unpaired) electrons. The maximum Gasteiger partial charge on any atom is 0.275 e. The van der Waals surface area contributed by atoms with Crippen molar-refractivity contribution in [2.24, 2.45) is 0 Å². The van der Waals surface area contributed by atoms with Crippen molar-refractivity contribution in [2.45, 2.75) is 32.9 Å². The third kappa shape index (κ3) is 5.80. The molecule has 0 aliphatic heterocycles. The highest BCUT2D eigenvalue weighted by Crippen LogP contribution is 2.21. The van der Waals surface area contributed by atoms with Crippen LogP contribution in [0.1, 0.15) is 26.3 Å². The number of halogens is 1. The molecule has 0 aliphatic rings. The molecular weight excluding hydrogens is 276 g/mol. The van der Waals surface area contributed by atoms with Crippen LogP contribution >= 0.6 is 11.6 Å². The lowest BCUT2D eigenvalue weighted by Gasteiger charge is -2.22. The van der Waals surface area contributed by atoms with Crippen LogP contribution in [-0.4, -0.2) is 32.1 Å². The van der Waals surface area contributed by atoms with Gasteiger partial charge in [-0.1, -0.05) is 11.6 Å². The third-order valence-electron chi connectivity index (χ3n) is 2.71. The molecule has 1 atom stereocenters. The van der Waals surface area contributed by atoms with Gasteiger partial charge in [0.1, 0.15) is 12.3 Å². The average Bonchev–Trinajstić information content (AvgIpc) is 2.26. The molecule has 1 amide bonds. The molecule has 2 N–H and O–H groups in total. The van der Waals surface area contributed by atoms with E-state index in [9.17, 15) is 4.79 Å². The Morgan fingerprint density at radius 3 is 2.60 bits per heavy atom. The van der Waals surface area contributed by atoms with Gasteiger partial charge >= 0.3 is 0 Å². The van der Waals surface area contributed by atoms with Crippen LogP contribution in [0.4, 0.5) is 0 Å². The first-order valence-electron chi connectivity index (χ1n) is 6.66. The van der Waals surface area contributed by atoms with E-state index in [-0.39, 0.29) is 11.4 Å². The first-order chi connectivity index (χ1) is 9.21. The molecule has 1 rings (SSSR count). The Balaban J connectivity index is 2.64. The lowest BCUT2D eigenvalue weighted by Crippen LogP contribution is -3.09. The van der Waals surface area contributed by atoms with Crippen LogP contribution in [0, 0.1) is 0 Å². The summed E-state index contributed by atoms with van der Waals surface area (Å²) in [5, 5.41) is 3.63. The number of hydrogen-bond acceptors (Lipinski definition) is 2. The van der Waals surface area contributed by atoms with E-state index in [0.717, 1.165) is 16.2 Å². The summed E-state index contributed by atoms with van der Waals surface area (Å²) in [5.74, 6) is 0.834. The molecule has 1 aromatic carbocycles. The molecule has 0 saturated heterocycles. The van der Waals surface area contributed by atoms with E-state index >= 15 is 0 Å². The van der Waals surface area contributed by atoms with Crippen LogP contribution in [0.15, 0.2) is 18.2 Å². The number of rotatable bonds is 5. The number of amides is 1. The summed E-state index contributed by atoms with van der Waals surface area (Å²) in [5.41, 5.74) is 0.798. The quantitative estimate of drug-likeness (QED) is 0.860. The van der Waals surface area contributed by atoms with Crippen LogP contribution in [0.5, 0.6) is 5.75 Å². The van der Waals surface area contributed by atoms with Crippen molar-refractivity contribution in [2.75, 3.05) is 20.7 Å². The van der Waals surface area contributed by atoms with Crippen molar-refractivity contribution in [3.05, 3.63) is 28.8 Å². The molecule has 1 unspecified atom stereocenters. The van der Waals surface area contributed by atoms with E-state index in [1.807, 2.05) is 40.0 Å². The Morgan fingerprint density at radius 2 is 2.05 bits per heavy atom. The summed E-state index contributed by atoms with van der Waals surface area (Å²) in [7, 11) is 3.61. The molecule has 0 fully saturated rings. The number of quaternary nitrogens is 1. The van der Waals surface area contributed by atoms with E-state index in [0.29, 0.717) is 18.1 Å². The van der Waals surface area contributed by atoms with E-state index in [1.165, 1.54) is 0 Å². The Morgan fingerprint density at radius 1 is 1.40 bits per heavy atom. The van der Waals surface area contributed by atoms with Gasteiger partial charge in [-0.2, -0.15) is 0 Å². The maximum atomic E-state index is 11.9. The Hall–Kier alpha value is -1.26. The topological polar surface area (TPSA) is 42.8 Å². The molecule has 20 heavy (non-hydrogen) atoms. The fourth-order valence-corrected chi connectivity index (χ4v) is 2.20. The number of benzene rings is 1. The number of carbonyl (C=O) groups excluding carboxylic acids is 1. The fourth-order valence-electron chi connectivity index (χ4n) is 2.01. The van der Waals surface area contributed by atoms with Crippen LogP contribution < -0.4 is 15.0 Å². The Kier molecular flexibility index (Phi) is 5.84. The summed E-state index contributed by atoms with van der Waals surface area (Å²) in [6, 6.07) is 5.53. The third-order valence-corrected chi connectivity index (χ3v) is 2.95. The van der Waals surface area contributed by atoms with Crippen molar-refractivity contribution >= 4 is 17.5 Å². The summed E-state index contributed by atoms with van der Waals surface area (Å²) < 4.78 is 5.31. The molecule has 5 heteroatoms. The van der Waals surface area contributed by atoms with Gasteiger partial charge in [-0.15, -0.1) is 0 Å². The highest BCUT2D eigenvalue weighted by molar-refractivity contribution is 6.30. The average molecular weight is 300 g/mol. The van der Waals surface area contributed by atoms with Crippen LogP contribution in [0.25, 0.3) is 0 Å². The van der Waals surface area contributed by atoms with Crippen molar-refractivity contribution in [1.82, 2.24) is 5.32 Å². The minimum absolute atomic E-state index is 0.0380. The van der Waals surface area contributed by atoms with E-state index < -0.39 is 0 Å². The number of hydrogen-bond donors (Lipinski definition) is 2. The van der Waals surface area contributed by atoms with Crippen LogP contribution in [-0.2, 0) is 11.3 Å². The zero-order chi connectivity index (χ0) is 15.3. The zero-order valence-corrected chi connectivity index (χ0v) is 13.6. The monoisotopic (exact) mass is 299 g/mol. The molecule has 112 valence electrons. The zero-order valence-electron chi connectivity index (χ0n) is 12.8. The van der Waals surface area contributed by atoms with E-state index in [4.69, 9.17) is 16.3 Å². The van der Waals surface area contributed by atoms with Gasteiger partial charge < -0.3 is 15.0 Å². The standard InChI is InChI=1S/C15H23ClN2O2/c1-15(2,3)17-14(19)10-18(4)9-11-8-12(16)6-7-13(11)20-5/h6-8H,9-10H2,1-5H3,(H,17,19)/p+1. The minimum Gasteiger partial charge on any atom is -0.496 e. The van der Waals surface area contributed by atoms with Gasteiger partial charge in [0.05, 0.1) is 14.2 Å². The maximum absolute atomic E-state index is 11.9. The van der Waals surface area contributed by atoms with E-state index in [2.05, 4.69) is 5.32 Å². The van der Waals surface area contributed by atoms with Crippen LogP contribution in [0.3, 0.4) is 0 Å². The highest BCUT2D eigenvalue weighted by Gasteiger charge is 2.18. The highest BCUT2D eigenvalue weighted by atomic mass is 35.5. The van der Waals surface area contributed by atoms with Gasteiger partial charge in [-0.25, -0.2) is 0 Å². The summed E-state index contributed by atoms with van der Waals surface area (Å²) >= 11 is 6.01. The lowest BCUT2D eigenvalue weighted by atomic mass is 10.1. The first kappa shape index (κ1) is 16.8. The molecule has 0 spiro atoms. The second-order valence-electron chi connectivity index (χ2n) is 6.07. The number of likely N-dealkylation sites (N-methyl/N-ethyl adjacent to an activating group) is 1. The largest absolute Gasteiger partial charge is 0.496 e. The summed E-state index contributed by atoms with van der Waals surface area (Å²) in [6.45, 7) is 7.01. The van der Waals surface area contributed by atoms with E-state index in [1.54, 1.807) is 13.2 Å². The van der Waals surface area contributed by atoms with Crippen molar-refractivity contribution < 1.29 is 14.4 Å². The normalized spacial score (nSPS) is 12.9. The number of nitrogens with one attached hydrogen (secondary N) is 2. The molecular formula is C15H24ClN2O2+. The fraction of sp³-hybridized carbons (Fsp3) is 0.533. The second-order valence-corrected chi connectivity index (χ2v) is 6.50. The minimum atomic E-state index is -0.203. The van der Waals surface area contributed by atoms with Crippen molar-refractivity contribution in [3.8, 4) is 5.75 Å². The smallest absolute Gasteiger partial charge is 0.275 e. The molecule has 1 aromatic rings. The molecule has 0 aliphatic carbocycles. The molecule has 0 aromatic heterocycles. The summed E-state index contributed by atoms with van der Waals surface area (Å²) in [6.07, 6.45) is 0. The van der Waals surface area contributed by atoms with Gasteiger partial charge in [0.2, 0.25) is 0 Å². The number of carbonyl (C=O) groups is 1. The van der Waals surface area contributed by atoms with Gasteiger partial charge in [0.15, 0.2) is 6.54 Å². The number of methoxy groups -OCH3 is 1. The van der Waals surface area contributed by atoms with Crippen molar-refractivity contribution in [1.29, 1.82) is 0 Å².